The van der Waals surface area contributed by atoms with Crippen LogP contribution in [0.2, 0.25) is 5.02 Å². The van der Waals surface area contributed by atoms with E-state index in [0.717, 1.165) is 28.0 Å². The fourth-order valence-corrected chi connectivity index (χ4v) is 4.00. The monoisotopic (exact) mass is 470 g/mol. The molecule has 3 heterocycles. The van der Waals surface area contributed by atoms with E-state index < -0.39 is 0 Å². The summed E-state index contributed by atoms with van der Waals surface area (Å²) >= 11 is 6.47. The number of hydrogen-bond acceptors (Lipinski definition) is 5. The number of aliphatic imine (C=N–C) groups is 1. The molecule has 5 rings (SSSR count). The summed E-state index contributed by atoms with van der Waals surface area (Å²) in [4.78, 5) is 33.3. The van der Waals surface area contributed by atoms with E-state index in [2.05, 4.69) is 20.6 Å². The zero-order valence-corrected chi connectivity index (χ0v) is 18.9. The maximum Gasteiger partial charge on any atom is 0.291 e. The van der Waals surface area contributed by atoms with Gasteiger partial charge in [0.1, 0.15) is 0 Å². The van der Waals surface area contributed by atoms with Crippen molar-refractivity contribution in [3.05, 3.63) is 101 Å². The zero-order chi connectivity index (χ0) is 23.7. The Labute approximate surface area is 200 Å². The molecule has 0 spiro atoms. The largest absolute Gasteiger partial charge is 0.459 e. The third-order valence-corrected chi connectivity index (χ3v) is 5.86. The molecule has 1 aliphatic heterocycles. The van der Waals surface area contributed by atoms with Crippen molar-refractivity contribution in [3.63, 3.8) is 0 Å². The van der Waals surface area contributed by atoms with E-state index in [1.165, 1.54) is 6.26 Å². The minimum Gasteiger partial charge on any atom is -0.459 e. The Balaban J connectivity index is 1.37. The predicted octanol–water partition coefficient (Wildman–Crippen LogP) is 5.28. The van der Waals surface area contributed by atoms with Crippen molar-refractivity contribution >= 4 is 40.6 Å². The first-order valence-electron chi connectivity index (χ1n) is 10.6. The summed E-state index contributed by atoms with van der Waals surface area (Å²) in [5.74, 6) is 0.392. The van der Waals surface area contributed by atoms with E-state index in [1.807, 2.05) is 18.2 Å². The number of pyridine rings is 1. The Bertz CT molecular complexity index is 1430. The van der Waals surface area contributed by atoms with Crippen molar-refractivity contribution < 1.29 is 14.0 Å². The number of carbonyl (C=O) groups excluding carboxylic acids is 2. The number of nitrogens with zero attached hydrogens (tertiary/aromatic N) is 2. The molecule has 0 unspecified atom stereocenters. The maximum absolute atomic E-state index is 12.3. The molecule has 0 aliphatic carbocycles. The van der Waals surface area contributed by atoms with Crippen molar-refractivity contribution in [1.82, 2.24) is 10.3 Å². The average molecular weight is 471 g/mol. The van der Waals surface area contributed by atoms with Gasteiger partial charge in [0.15, 0.2) is 11.6 Å². The summed E-state index contributed by atoms with van der Waals surface area (Å²) < 4.78 is 5.15. The van der Waals surface area contributed by atoms with Crippen LogP contribution in [0.1, 0.15) is 32.0 Å². The van der Waals surface area contributed by atoms with E-state index in [4.69, 9.17) is 16.0 Å². The Morgan fingerprint density at radius 3 is 2.56 bits per heavy atom. The van der Waals surface area contributed by atoms with Crippen LogP contribution in [-0.4, -0.2) is 29.6 Å². The van der Waals surface area contributed by atoms with E-state index >= 15 is 0 Å². The summed E-state index contributed by atoms with van der Waals surface area (Å²) in [6, 6.07) is 17.9. The third-order valence-electron chi connectivity index (χ3n) is 5.53. The number of anilines is 1. The number of nitrogens with one attached hydrogen (secondary N) is 2. The molecule has 2 aromatic heterocycles. The molecule has 2 N–H and O–H groups in total. The smallest absolute Gasteiger partial charge is 0.291 e. The predicted molar refractivity (Wildman–Crippen MR) is 131 cm³/mol. The van der Waals surface area contributed by atoms with Crippen LogP contribution in [-0.2, 0) is 6.42 Å². The van der Waals surface area contributed by atoms with Gasteiger partial charge in [-0.05, 0) is 54.1 Å². The first-order valence-corrected chi connectivity index (χ1v) is 10.9. The van der Waals surface area contributed by atoms with E-state index in [0.29, 0.717) is 28.5 Å². The number of halogens is 1. The van der Waals surface area contributed by atoms with Gasteiger partial charge in [-0.25, -0.2) is 9.98 Å². The number of hydrogen-bond donors (Lipinski definition) is 2. The summed E-state index contributed by atoms with van der Waals surface area (Å²) in [6.45, 7) is 0. The zero-order valence-electron chi connectivity index (χ0n) is 18.1. The number of rotatable bonds is 5. The molecule has 0 saturated heterocycles. The summed E-state index contributed by atoms with van der Waals surface area (Å²) in [7, 11) is 1.60. The van der Waals surface area contributed by atoms with Gasteiger partial charge >= 0.3 is 0 Å². The first-order chi connectivity index (χ1) is 16.5. The topological polar surface area (TPSA) is 96.6 Å². The molecule has 7 nitrogen and oxygen atoms in total. The summed E-state index contributed by atoms with van der Waals surface area (Å²) in [5.41, 5.74) is 5.55. The number of amides is 2. The molecular weight excluding hydrogens is 452 g/mol. The van der Waals surface area contributed by atoms with Crippen LogP contribution in [0.25, 0.3) is 11.1 Å². The molecule has 0 bridgehead atoms. The number of carbonyl (C=O) groups is 2. The van der Waals surface area contributed by atoms with Crippen molar-refractivity contribution in [2.75, 3.05) is 12.4 Å². The lowest BCUT2D eigenvalue weighted by molar-refractivity contribution is 0.0961. The normalized spacial score (nSPS) is 12.1. The minimum absolute atomic E-state index is 0.129. The maximum atomic E-state index is 12.3. The molecule has 0 fully saturated rings. The molecule has 4 aromatic rings. The molecule has 168 valence electrons. The fraction of sp³-hybridized carbons (Fsp3) is 0.0769. The van der Waals surface area contributed by atoms with Gasteiger partial charge in [0.2, 0.25) is 0 Å². The quantitative estimate of drug-likeness (QED) is 0.414. The molecule has 2 aromatic carbocycles. The Hall–Kier alpha value is -4.23. The Morgan fingerprint density at radius 1 is 1.00 bits per heavy atom. The van der Waals surface area contributed by atoms with Crippen LogP contribution < -0.4 is 10.6 Å². The average Bonchev–Trinajstić information content (AvgIpc) is 3.54. The fourth-order valence-electron chi connectivity index (χ4n) is 3.78. The molecule has 1 aliphatic rings. The summed E-state index contributed by atoms with van der Waals surface area (Å²) in [5, 5.41) is 5.96. The van der Waals surface area contributed by atoms with Crippen molar-refractivity contribution in [2.45, 2.75) is 6.42 Å². The highest BCUT2D eigenvalue weighted by molar-refractivity contribution is 6.34. The van der Waals surface area contributed by atoms with Gasteiger partial charge in [0, 0.05) is 52.6 Å². The van der Waals surface area contributed by atoms with E-state index in [9.17, 15) is 9.59 Å². The van der Waals surface area contributed by atoms with Gasteiger partial charge in [0.25, 0.3) is 11.8 Å². The van der Waals surface area contributed by atoms with Gasteiger partial charge in [0.05, 0.1) is 12.0 Å². The molecule has 34 heavy (non-hydrogen) atoms. The van der Waals surface area contributed by atoms with Gasteiger partial charge in [-0.1, -0.05) is 23.7 Å². The van der Waals surface area contributed by atoms with Crippen LogP contribution in [0.3, 0.4) is 0 Å². The highest BCUT2D eigenvalue weighted by Crippen LogP contribution is 2.33. The van der Waals surface area contributed by atoms with Gasteiger partial charge in [-0.2, -0.15) is 0 Å². The molecular formula is C26H19ClN4O3. The number of fused-ring (bicyclic) bond motifs is 1. The second-order valence-electron chi connectivity index (χ2n) is 7.72. The first kappa shape index (κ1) is 21.6. The van der Waals surface area contributed by atoms with Gasteiger partial charge < -0.3 is 15.1 Å². The van der Waals surface area contributed by atoms with Crippen molar-refractivity contribution in [1.29, 1.82) is 0 Å². The van der Waals surface area contributed by atoms with Gasteiger partial charge in [-0.15, -0.1) is 0 Å². The molecule has 0 atom stereocenters. The second-order valence-corrected chi connectivity index (χ2v) is 8.13. The SMILES string of the molecule is CNC(=O)c1ccc(-c2cnc3c(c2)CC(c2cc(NC(=O)c4ccco4)ccc2Cl)=N3)cc1. The number of aromatic nitrogens is 1. The standard InChI is InChI=1S/C26H19ClN4O3/c1-28-25(32)16-6-4-15(5-7-16)18-11-17-12-22(31-24(17)29-14-18)20-13-19(8-9-21(20)27)30-26(33)23-3-2-10-34-23/h2-11,13-14H,12H2,1H3,(H,28,32)(H,30,33). The van der Waals surface area contributed by atoms with E-state index in [-0.39, 0.29) is 17.6 Å². The lowest BCUT2D eigenvalue weighted by atomic mass is 10.0. The van der Waals surface area contributed by atoms with Crippen LogP contribution in [0.5, 0.6) is 0 Å². The molecule has 8 heteroatoms. The number of furan rings is 1. The molecule has 0 saturated carbocycles. The lowest BCUT2D eigenvalue weighted by Gasteiger charge is -2.08. The van der Waals surface area contributed by atoms with Crippen LogP contribution in [0.4, 0.5) is 11.5 Å². The van der Waals surface area contributed by atoms with Crippen LogP contribution >= 0.6 is 11.6 Å². The number of benzene rings is 2. The third kappa shape index (κ3) is 4.21. The van der Waals surface area contributed by atoms with E-state index in [1.54, 1.807) is 55.7 Å². The van der Waals surface area contributed by atoms with Crippen LogP contribution in [0.15, 0.2) is 82.5 Å². The second kappa shape index (κ2) is 8.96. The lowest BCUT2D eigenvalue weighted by Crippen LogP contribution is -2.17. The van der Waals surface area contributed by atoms with Crippen molar-refractivity contribution in [2.24, 2.45) is 4.99 Å². The highest BCUT2D eigenvalue weighted by Gasteiger charge is 2.21. The molecule has 0 radical (unpaired) electrons. The Morgan fingerprint density at radius 2 is 1.82 bits per heavy atom. The highest BCUT2D eigenvalue weighted by atomic mass is 35.5. The Kier molecular flexibility index (Phi) is 5.69. The minimum atomic E-state index is -0.344. The van der Waals surface area contributed by atoms with Gasteiger partial charge in [-0.3, -0.25) is 9.59 Å². The van der Waals surface area contributed by atoms with Crippen LogP contribution in [0, 0.1) is 0 Å². The summed E-state index contributed by atoms with van der Waals surface area (Å²) in [6.07, 6.45) is 3.77. The van der Waals surface area contributed by atoms with Crippen molar-refractivity contribution in [3.8, 4) is 11.1 Å². The molecule has 2 amide bonds.